The van der Waals surface area contributed by atoms with Crippen molar-refractivity contribution in [2.24, 2.45) is 7.05 Å². The molecule has 1 saturated carbocycles. The highest BCUT2D eigenvalue weighted by Gasteiger charge is 2.34. The van der Waals surface area contributed by atoms with E-state index in [2.05, 4.69) is 47.0 Å². The van der Waals surface area contributed by atoms with E-state index in [-0.39, 0.29) is 11.9 Å². The van der Waals surface area contributed by atoms with Crippen LogP contribution in [0.3, 0.4) is 0 Å². The lowest BCUT2D eigenvalue weighted by Gasteiger charge is -2.43. The van der Waals surface area contributed by atoms with Crippen LogP contribution in [0.15, 0.2) is 67.6 Å². The molecule has 0 radical (unpaired) electrons. The van der Waals surface area contributed by atoms with Crippen molar-refractivity contribution in [1.29, 1.82) is 0 Å². The fourth-order valence-electron chi connectivity index (χ4n) is 7.84. The highest BCUT2D eigenvalue weighted by atomic mass is 19.1. The van der Waals surface area contributed by atoms with E-state index in [4.69, 9.17) is 14.3 Å². The molecule has 0 unspecified atom stereocenters. The number of hydrogen-bond acceptors (Lipinski definition) is 12. The Morgan fingerprint density at radius 3 is 2.39 bits per heavy atom. The first-order valence-corrected chi connectivity index (χ1v) is 18.7. The number of nitrogens with zero attached hydrogens (tertiary/aromatic N) is 8. The molecular formula is C39H47FN10O4. The minimum Gasteiger partial charge on any atom is -0.494 e. The summed E-state index contributed by atoms with van der Waals surface area (Å²) in [7, 11) is 3.41. The molecule has 5 heterocycles. The van der Waals surface area contributed by atoms with E-state index in [0.717, 1.165) is 50.7 Å². The van der Waals surface area contributed by atoms with Gasteiger partial charge < -0.3 is 25.0 Å². The first-order valence-electron chi connectivity index (χ1n) is 18.7. The molecule has 4 fully saturated rings. The van der Waals surface area contributed by atoms with Crippen LogP contribution in [0.2, 0.25) is 0 Å². The fraction of sp³-hybridized carbons (Fsp3) is 0.436. The number of piperidine rings is 1. The van der Waals surface area contributed by atoms with Gasteiger partial charge in [-0.1, -0.05) is 6.58 Å². The predicted octanol–water partition coefficient (Wildman–Crippen LogP) is 5.65. The van der Waals surface area contributed by atoms with Crippen LogP contribution in [0.1, 0.15) is 43.7 Å². The zero-order valence-electron chi connectivity index (χ0n) is 30.8. The lowest BCUT2D eigenvalue weighted by Crippen LogP contribution is -2.53. The molecule has 15 heteroatoms. The van der Waals surface area contributed by atoms with Crippen molar-refractivity contribution in [3.8, 4) is 17.4 Å². The molecule has 0 bridgehead atoms. The summed E-state index contributed by atoms with van der Waals surface area (Å²) in [5.41, 5.74) is 2.81. The molecule has 54 heavy (non-hydrogen) atoms. The molecule has 8 rings (SSSR count). The number of aryl methyl sites for hydroxylation is 1. The van der Waals surface area contributed by atoms with Crippen LogP contribution in [0.25, 0.3) is 0 Å². The average molecular weight is 739 g/mol. The second-order valence-corrected chi connectivity index (χ2v) is 14.3. The summed E-state index contributed by atoms with van der Waals surface area (Å²) < 4.78 is 28.2. The highest BCUT2D eigenvalue weighted by molar-refractivity contribution is 6.02. The second-order valence-electron chi connectivity index (χ2n) is 14.3. The number of nitrogens with one attached hydrogen (secondary N) is 2. The Labute approximate surface area is 314 Å². The largest absolute Gasteiger partial charge is 0.494 e. The lowest BCUT2D eigenvalue weighted by atomic mass is 10.0. The molecule has 1 aliphatic carbocycles. The molecule has 0 spiro atoms. The Bertz CT molecular complexity index is 1970. The number of benzene rings is 2. The van der Waals surface area contributed by atoms with Gasteiger partial charge >= 0.3 is 0 Å². The normalized spacial score (nSPS) is 19.9. The van der Waals surface area contributed by atoms with Crippen molar-refractivity contribution in [3.63, 3.8) is 0 Å². The summed E-state index contributed by atoms with van der Waals surface area (Å²) >= 11 is 0. The number of carbonyl (C=O) groups is 1. The van der Waals surface area contributed by atoms with E-state index in [0.29, 0.717) is 65.0 Å². The first kappa shape index (κ1) is 35.8. The molecule has 3 saturated heterocycles. The van der Waals surface area contributed by atoms with Crippen LogP contribution >= 0.6 is 0 Å². The van der Waals surface area contributed by atoms with Gasteiger partial charge in [0.15, 0.2) is 5.82 Å². The van der Waals surface area contributed by atoms with Gasteiger partial charge in [0.25, 0.3) is 0 Å². The maximum Gasteiger partial charge on any atom is 0.247 e. The first-order chi connectivity index (χ1) is 26.3. The van der Waals surface area contributed by atoms with Crippen LogP contribution in [0.5, 0.6) is 17.4 Å². The Morgan fingerprint density at radius 2 is 1.70 bits per heavy atom. The summed E-state index contributed by atoms with van der Waals surface area (Å²) in [6.45, 7) is 10.4. The number of amides is 1. The van der Waals surface area contributed by atoms with Gasteiger partial charge in [-0.3, -0.25) is 24.1 Å². The lowest BCUT2D eigenvalue weighted by molar-refractivity contribution is -0.111. The topological polar surface area (TPSA) is 125 Å². The number of piperazine rings is 1. The number of ether oxygens (including phenoxy) is 2. The Kier molecular flexibility index (Phi) is 10.3. The quantitative estimate of drug-likeness (QED) is 0.175. The summed E-state index contributed by atoms with van der Waals surface area (Å²) in [6.07, 6.45) is 9.90. The molecular weight excluding hydrogens is 691 g/mol. The van der Waals surface area contributed by atoms with Crippen LogP contribution < -0.4 is 30.1 Å². The number of rotatable bonds is 12. The van der Waals surface area contributed by atoms with Gasteiger partial charge in [0.2, 0.25) is 11.8 Å². The Balaban J connectivity index is 0.988. The van der Waals surface area contributed by atoms with Crippen molar-refractivity contribution >= 4 is 34.6 Å². The maximum absolute atomic E-state index is 14.9. The van der Waals surface area contributed by atoms with Gasteiger partial charge in [0.1, 0.15) is 29.5 Å². The monoisotopic (exact) mass is 738 g/mol. The number of halogens is 1. The highest BCUT2D eigenvalue weighted by Crippen LogP contribution is 2.41. The summed E-state index contributed by atoms with van der Waals surface area (Å²) in [5.74, 6) is 1.52. The molecule has 4 aromatic rings. The van der Waals surface area contributed by atoms with E-state index in [1.54, 1.807) is 48.3 Å². The molecule has 2 N–H and O–H groups in total. The predicted molar refractivity (Wildman–Crippen MR) is 204 cm³/mol. The second kappa shape index (κ2) is 15.6. The SMILES string of the molecule is C=CC(=O)Nc1cc(Nc2cc(N3OCC[C@@H]3c3cc(F)cc(Oc4ccn(C)n4)c3)ncn2)c(OC)cc1N1CCC(N2CCN(C3CC3)CC2)CC1. The number of hydroxylamine groups is 1. The number of hydrogen-bond donors (Lipinski definition) is 2. The summed E-state index contributed by atoms with van der Waals surface area (Å²) in [6, 6.07) is 12.9. The number of aromatic nitrogens is 4. The van der Waals surface area contributed by atoms with Gasteiger partial charge in [-0.05, 0) is 55.5 Å². The van der Waals surface area contributed by atoms with Crippen LogP contribution in [-0.4, -0.2) is 101 Å². The third-order valence-corrected chi connectivity index (χ3v) is 10.7. The van der Waals surface area contributed by atoms with Crippen LogP contribution in [0, 0.1) is 5.82 Å². The van der Waals surface area contributed by atoms with E-state index in [1.807, 2.05) is 12.1 Å². The average Bonchev–Trinajstić information content (AvgIpc) is 3.78. The van der Waals surface area contributed by atoms with Crippen LogP contribution in [0.4, 0.5) is 33.1 Å². The van der Waals surface area contributed by atoms with Crippen molar-refractivity contribution < 1.29 is 23.5 Å². The molecule has 284 valence electrons. The summed E-state index contributed by atoms with van der Waals surface area (Å²) in [5, 5.41) is 12.3. The number of methoxy groups -OCH3 is 1. The van der Waals surface area contributed by atoms with E-state index in [1.165, 1.54) is 50.5 Å². The van der Waals surface area contributed by atoms with Crippen molar-refractivity contribution in [2.45, 2.75) is 50.2 Å². The molecule has 1 amide bonds. The van der Waals surface area contributed by atoms with E-state index < -0.39 is 5.82 Å². The Morgan fingerprint density at radius 1 is 0.944 bits per heavy atom. The number of anilines is 5. The smallest absolute Gasteiger partial charge is 0.247 e. The minimum absolute atomic E-state index is 0.303. The number of carbonyl (C=O) groups excluding carboxylic acids is 1. The summed E-state index contributed by atoms with van der Waals surface area (Å²) in [4.78, 5) is 35.3. The van der Waals surface area contributed by atoms with Gasteiger partial charge in [-0.15, -0.1) is 5.10 Å². The van der Waals surface area contributed by atoms with Crippen molar-refractivity contribution in [2.75, 3.05) is 73.6 Å². The van der Waals surface area contributed by atoms with Crippen molar-refractivity contribution in [1.82, 2.24) is 29.5 Å². The molecule has 1 atom stereocenters. The van der Waals surface area contributed by atoms with Crippen LogP contribution in [-0.2, 0) is 16.7 Å². The molecule has 4 aliphatic rings. The zero-order valence-corrected chi connectivity index (χ0v) is 30.8. The van der Waals surface area contributed by atoms with Crippen molar-refractivity contribution in [3.05, 3.63) is 79.0 Å². The zero-order chi connectivity index (χ0) is 37.2. The van der Waals surface area contributed by atoms with Gasteiger partial charge in [-0.25, -0.2) is 19.4 Å². The third-order valence-electron chi connectivity index (χ3n) is 10.7. The third kappa shape index (κ3) is 7.98. The standard InChI is InChI=1S/C39H47FN10O4/c1-4-38(51)44-31-22-32(35(52-3)23-34(31)49-12-7-29(8-13-49)48-16-14-47(15-17-48)28-5-6-28)43-36-24-37(42-25-41-36)50-33(10-18-53-50)26-19-27(40)21-30(20-26)54-39-9-11-46(2)45-39/h4,9,11,19-25,28-29,33H,1,5-8,10,12-18H2,2-3H3,(H,44,51)(H,41,42,43)/t33-/m1/s1. The fourth-order valence-corrected chi connectivity index (χ4v) is 7.84. The molecule has 2 aromatic carbocycles. The van der Waals surface area contributed by atoms with Gasteiger partial charge in [0, 0.05) is 95.3 Å². The minimum atomic E-state index is -0.434. The van der Waals surface area contributed by atoms with E-state index in [9.17, 15) is 9.18 Å². The molecule has 3 aliphatic heterocycles. The van der Waals surface area contributed by atoms with Gasteiger partial charge in [0.05, 0.1) is 36.8 Å². The Hall–Kier alpha value is -5.25. The molecule has 2 aromatic heterocycles. The van der Waals surface area contributed by atoms with E-state index >= 15 is 0 Å². The van der Waals surface area contributed by atoms with Gasteiger partial charge in [-0.2, -0.15) is 0 Å². The molecule has 14 nitrogen and oxygen atoms in total. The maximum atomic E-state index is 14.9.